The van der Waals surface area contributed by atoms with Gasteiger partial charge in [0.05, 0.1) is 11.1 Å². The van der Waals surface area contributed by atoms with Crippen LogP contribution in [0.4, 0.5) is 49.4 Å². The first-order valence-corrected chi connectivity index (χ1v) is 16.3. The molecule has 2 aromatic heterocycles. The number of carbonyl (C=O) groups is 2. The zero-order chi connectivity index (χ0) is 39.5. The second-order valence-corrected chi connectivity index (χ2v) is 12.7. The minimum absolute atomic E-state index is 0.0443. The van der Waals surface area contributed by atoms with E-state index >= 15 is 0 Å². The Kier molecular flexibility index (Phi) is 11.5. The minimum atomic E-state index is -4.49. The van der Waals surface area contributed by atoms with E-state index in [9.17, 15) is 35.9 Å². The van der Waals surface area contributed by atoms with Gasteiger partial charge in [0.25, 0.3) is 11.8 Å². The van der Waals surface area contributed by atoms with Crippen LogP contribution in [0.15, 0.2) is 84.9 Å². The molecule has 2 heterocycles. The molecule has 0 saturated carbocycles. The number of anilines is 4. The lowest BCUT2D eigenvalue weighted by Crippen LogP contribution is -2.14. The Hall–Kier alpha value is -5.74. The summed E-state index contributed by atoms with van der Waals surface area (Å²) >= 11 is 12.1. The predicted molar refractivity (Wildman–Crippen MR) is 197 cm³/mol. The molecule has 6 aromatic rings. The topological polar surface area (TPSA) is 116 Å². The van der Waals surface area contributed by atoms with Crippen molar-refractivity contribution in [1.82, 2.24) is 20.4 Å². The van der Waals surface area contributed by atoms with Crippen LogP contribution in [0.3, 0.4) is 0 Å². The Morgan fingerprint density at radius 3 is 1.39 bits per heavy atom. The molecule has 0 saturated heterocycles. The molecular formula is C36H28Cl2F6N8O2. The van der Waals surface area contributed by atoms with Crippen LogP contribution in [0.1, 0.15) is 31.8 Å². The van der Waals surface area contributed by atoms with Crippen LogP contribution in [0.2, 0.25) is 10.3 Å². The number of amides is 2. The number of nitrogens with one attached hydrogen (secondary N) is 2. The number of hydrogen-bond acceptors (Lipinski definition) is 8. The average molecular weight is 790 g/mol. The molecule has 0 bridgehead atoms. The summed E-state index contributed by atoms with van der Waals surface area (Å²) in [5.41, 5.74) is -1.09. The predicted octanol–water partition coefficient (Wildman–Crippen LogP) is 9.24. The maximum Gasteiger partial charge on any atom is 0.416 e. The van der Waals surface area contributed by atoms with Crippen molar-refractivity contribution in [2.45, 2.75) is 12.4 Å². The standard InChI is InChI=1S/2C18H14ClF3N4O/c1-26(2)16-13-7-6-10(8-14(13)15(19)24-25-16)17(27)23-12-5-3-4-11(9-12)18(20,21)22;1-26(2)16-14-8-10(6-7-13(14)15(19)24-25-16)17(27)23-12-5-3-4-11(9-12)18(20,21)22/h2*3-9H,1-2H3,(H,23,27). The quantitative estimate of drug-likeness (QED) is 0.161. The van der Waals surface area contributed by atoms with Crippen molar-refractivity contribution in [3.8, 4) is 0 Å². The molecule has 0 radical (unpaired) electrons. The van der Waals surface area contributed by atoms with Crippen LogP contribution < -0.4 is 20.4 Å². The molecule has 18 heteroatoms. The highest BCUT2D eigenvalue weighted by Crippen LogP contribution is 2.33. The molecule has 10 nitrogen and oxygen atoms in total. The molecule has 4 aromatic carbocycles. The van der Waals surface area contributed by atoms with Gasteiger partial charge in [-0.05, 0) is 66.7 Å². The maximum absolute atomic E-state index is 12.8. The van der Waals surface area contributed by atoms with Crippen molar-refractivity contribution in [3.63, 3.8) is 0 Å². The van der Waals surface area contributed by atoms with Gasteiger partial charge in [-0.15, -0.1) is 20.4 Å². The van der Waals surface area contributed by atoms with Gasteiger partial charge in [0.2, 0.25) is 0 Å². The van der Waals surface area contributed by atoms with Gasteiger partial charge in [-0.25, -0.2) is 0 Å². The third-order valence-corrected chi connectivity index (χ3v) is 8.26. The van der Waals surface area contributed by atoms with Gasteiger partial charge in [0.15, 0.2) is 21.9 Å². The fourth-order valence-corrected chi connectivity index (χ4v) is 5.51. The average Bonchev–Trinajstić information content (AvgIpc) is 3.11. The van der Waals surface area contributed by atoms with Crippen molar-refractivity contribution < 1.29 is 35.9 Å². The number of alkyl halides is 6. The summed E-state index contributed by atoms with van der Waals surface area (Å²) < 4.78 is 76.9. The van der Waals surface area contributed by atoms with E-state index in [1.54, 1.807) is 62.3 Å². The van der Waals surface area contributed by atoms with Crippen molar-refractivity contribution in [2.24, 2.45) is 0 Å². The Balaban J connectivity index is 0.000000208. The largest absolute Gasteiger partial charge is 0.416 e. The summed E-state index contributed by atoms with van der Waals surface area (Å²) in [6.45, 7) is 0. The lowest BCUT2D eigenvalue weighted by atomic mass is 10.1. The van der Waals surface area contributed by atoms with E-state index < -0.39 is 35.3 Å². The molecule has 2 N–H and O–H groups in total. The highest BCUT2D eigenvalue weighted by molar-refractivity contribution is 6.35. The molecule has 0 atom stereocenters. The van der Waals surface area contributed by atoms with Crippen molar-refractivity contribution >= 4 is 79.6 Å². The summed E-state index contributed by atoms with van der Waals surface area (Å²) in [7, 11) is 7.14. The highest BCUT2D eigenvalue weighted by atomic mass is 35.5. The minimum Gasteiger partial charge on any atom is -0.361 e. The van der Waals surface area contributed by atoms with Gasteiger partial charge in [-0.2, -0.15) is 26.3 Å². The Bertz CT molecular complexity index is 2370. The fraction of sp³-hybridized carbons (Fsp3) is 0.167. The molecule has 2 amide bonds. The Morgan fingerprint density at radius 2 is 0.944 bits per heavy atom. The second kappa shape index (κ2) is 15.7. The summed E-state index contributed by atoms with van der Waals surface area (Å²) in [6.07, 6.45) is -8.97. The van der Waals surface area contributed by atoms with Crippen LogP contribution in [0, 0.1) is 0 Å². The van der Waals surface area contributed by atoms with Gasteiger partial charge in [0, 0.05) is 72.2 Å². The zero-order valence-corrected chi connectivity index (χ0v) is 30.1. The van der Waals surface area contributed by atoms with E-state index in [-0.39, 0.29) is 32.8 Å². The lowest BCUT2D eigenvalue weighted by Gasteiger charge is -2.14. The summed E-state index contributed by atoms with van der Waals surface area (Å²) in [5, 5.41) is 23.5. The first kappa shape index (κ1) is 39.5. The molecule has 0 spiro atoms. The monoisotopic (exact) mass is 788 g/mol. The van der Waals surface area contributed by atoms with Crippen LogP contribution >= 0.6 is 23.2 Å². The van der Waals surface area contributed by atoms with E-state index in [2.05, 4.69) is 31.0 Å². The van der Waals surface area contributed by atoms with Crippen molar-refractivity contribution in [2.75, 3.05) is 48.6 Å². The SMILES string of the molecule is CN(C)c1nnc(Cl)c2cc(C(=O)Nc3cccc(C(F)(F)F)c3)ccc12.CN(C)c1nnc(Cl)c2ccc(C(=O)Nc3cccc(C(F)(F)F)c3)cc12. The van der Waals surface area contributed by atoms with Gasteiger partial charge in [0.1, 0.15) is 0 Å². The van der Waals surface area contributed by atoms with Gasteiger partial charge in [-0.1, -0.05) is 41.4 Å². The molecule has 280 valence electrons. The number of nitrogens with zero attached hydrogens (tertiary/aromatic N) is 6. The Labute approximate surface area is 313 Å². The van der Waals surface area contributed by atoms with E-state index in [1.165, 1.54) is 36.4 Å². The molecule has 0 unspecified atom stereocenters. The maximum atomic E-state index is 12.8. The van der Waals surface area contributed by atoms with Crippen LogP contribution in [0.25, 0.3) is 21.5 Å². The Morgan fingerprint density at radius 1 is 0.537 bits per heavy atom. The van der Waals surface area contributed by atoms with Gasteiger partial charge < -0.3 is 20.4 Å². The third-order valence-electron chi connectivity index (χ3n) is 7.70. The molecule has 54 heavy (non-hydrogen) atoms. The van der Waals surface area contributed by atoms with Crippen LogP contribution in [-0.2, 0) is 12.4 Å². The number of halogens is 8. The van der Waals surface area contributed by atoms with E-state index in [1.807, 2.05) is 0 Å². The highest BCUT2D eigenvalue weighted by Gasteiger charge is 2.31. The molecule has 0 aliphatic carbocycles. The fourth-order valence-electron chi connectivity index (χ4n) is 5.11. The number of benzene rings is 4. The van der Waals surface area contributed by atoms with E-state index in [4.69, 9.17) is 23.2 Å². The number of fused-ring (bicyclic) bond motifs is 2. The molecular weight excluding hydrogens is 761 g/mol. The number of carbonyl (C=O) groups excluding carboxylic acids is 2. The molecule has 0 aliphatic heterocycles. The lowest BCUT2D eigenvalue weighted by molar-refractivity contribution is -0.138. The zero-order valence-electron chi connectivity index (χ0n) is 28.6. The van der Waals surface area contributed by atoms with E-state index in [0.717, 1.165) is 24.3 Å². The van der Waals surface area contributed by atoms with Crippen molar-refractivity contribution in [3.05, 3.63) is 117 Å². The molecule has 0 aliphatic rings. The van der Waals surface area contributed by atoms with Crippen LogP contribution in [0.5, 0.6) is 0 Å². The van der Waals surface area contributed by atoms with Gasteiger partial charge >= 0.3 is 12.4 Å². The number of rotatable bonds is 6. The first-order chi connectivity index (χ1) is 25.3. The number of aromatic nitrogens is 4. The summed E-state index contributed by atoms with van der Waals surface area (Å²) in [5.74, 6) is -0.00766. The van der Waals surface area contributed by atoms with E-state index in [0.29, 0.717) is 33.2 Å². The summed E-state index contributed by atoms with van der Waals surface area (Å²) in [6, 6.07) is 18.4. The van der Waals surface area contributed by atoms with Gasteiger partial charge in [-0.3, -0.25) is 9.59 Å². The van der Waals surface area contributed by atoms with Crippen molar-refractivity contribution in [1.29, 1.82) is 0 Å². The normalized spacial score (nSPS) is 11.5. The first-order valence-electron chi connectivity index (χ1n) is 15.6. The molecule has 0 fully saturated rings. The third kappa shape index (κ3) is 9.06. The van der Waals surface area contributed by atoms with Crippen LogP contribution in [-0.4, -0.2) is 60.4 Å². The molecule has 6 rings (SSSR count). The summed E-state index contributed by atoms with van der Waals surface area (Å²) in [4.78, 5) is 28.5. The second-order valence-electron chi connectivity index (χ2n) is 12.0. The number of hydrogen-bond donors (Lipinski definition) is 2. The smallest absolute Gasteiger partial charge is 0.361 e.